The molecule has 0 unspecified atom stereocenters. The summed E-state index contributed by atoms with van der Waals surface area (Å²) < 4.78 is 46.0. The standard InChI is InChI=1S/C17H16F3NO3/c1-23-11-12-6-8-13(9-7-12)16(22)21-10-14-4-2-3-5-15(14)24-17(18,19)20/h2-9H,10-11H2,1H3,(H,21,22). The Morgan fingerprint density at radius 3 is 2.38 bits per heavy atom. The molecule has 0 radical (unpaired) electrons. The minimum Gasteiger partial charge on any atom is -0.405 e. The SMILES string of the molecule is COCc1ccc(C(=O)NCc2ccccc2OC(F)(F)F)cc1. The third-order valence-corrected chi connectivity index (χ3v) is 3.16. The quantitative estimate of drug-likeness (QED) is 0.874. The van der Waals surface area contributed by atoms with E-state index in [9.17, 15) is 18.0 Å². The molecular formula is C17H16F3NO3. The average molecular weight is 339 g/mol. The van der Waals surface area contributed by atoms with Gasteiger partial charge in [0.05, 0.1) is 6.61 Å². The minimum atomic E-state index is -4.78. The van der Waals surface area contributed by atoms with Crippen molar-refractivity contribution in [2.45, 2.75) is 19.5 Å². The van der Waals surface area contributed by atoms with Crippen molar-refractivity contribution in [1.29, 1.82) is 0 Å². The maximum Gasteiger partial charge on any atom is 0.573 e. The Labute approximate surface area is 137 Å². The van der Waals surface area contributed by atoms with Crippen LogP contribution in [0.15, 0.2) is 48.5 Å². The topological polar surface area (TPSA) is 47.6 Å². The van der Waals surface area contributed by atoms with Crippen LogP contribution < -0.4 is 10.1 Å². The van der Waals surface area contributed by atoms with Crippen molar-refractivity contribution in [3.63, 3.8) is 0 Å². The number of carbonyl (C=O) groups excluding carboxylic acids is 1. The summed E-state index contributed by atoms with van der Waals surface area (Å²) in [7, 11) is 1.57. The Bertz CT molecular complexity index is 684. The second kappa shape index (κ2) is 7.83. The van der Waals surface area contributed by atoms with Gasteiger partial charge in [-0.1, -0.05) is 30.3 Å². The monoisotopic (exact) mass is 339 g/mol. The minimum absolute atomic E-state index is 0.0785. The summed E-state index contributed by atoms with van der Waals surface area (Å²) in [5, 5.41) is 2.58. The normalized spacial score (nSPS) is 11.2. The Morgan fingerprint density at radius 1 is 1.08 bits per heavy atom. The van der Waals surface area contributed by atoms with Crippen molar-refractivity contribution in [3.05, 3.63) is 65.2 Å². The summed E-state index contributed by atoms with van der Waals surface area (Å²) in [5.41, 5.74) is 1.56. The molecule has 0 aromatic heterocycles. The van der Waals surface area contributed by atoms with Gasteiger partial charge in [-0.15, -0.1) is 13.2 Å². The zero-order valence-corrected chi connectivity index (χ0v) is 12.9. The van der Waals surface area contributed by atoms with Gasteiger partial charge in [0.15, 0.2) is 0 Å². The third kappa shape index (κ3) is 5.27. The van der Waals surface area contributed by atoms with Crippen molar-refractivity contribution >= 4 is 5.91 Å². The van der Waals surface area contributed by atoms with Crippen LogP contribution in [0.1, 0.15) is 21.5 Å². The van der Waals surface area contributed by atoms with Crippen LogP contribution in [0.4, 0.5) is 13.2 Å². The lowest BCUT2D eigenvalue weighted by atomic mass is 10.1. The molecule has 7 heteroatoms. The van der Waals surface area contributed by atoms with Gasteiger partial charge in [-0.3, -0.25) is 4.79 Å². The van der Waals surface area contributed by atoms with E-state index in [-0.39, 0.29) is 23.8 Å². The van der Waals surface area contributed by atoms with Crippen LogP contribution in [0, 0.1) is 0 Å². The first-order chi connectivity index (χ1) is 11.4. The molecule has 0 aliphatic rings. The molecule has 0 heterocycles. The van der Waals surface area contributed by atoms with Crippen LogP contribution in [-0.2, 0) is 17.9 Å². The van der Waals surface area contributed by atoms with Gasteiger partial charge in [0.25, 0.3) is 5.91 Å². The molecule has 0 aliphatic heterocycles. The molecule has 128 valence electrons. The number of hydrogen-bond acceptors (Lipinski definition) is 3. The molecule has 1 N–H and O–H groups in total. The van der Waals surface area contributed by atoms with Crippen LogP contribution >= 0.6 is 0 Å². The van der Waals surface area contributed by atoms with Gasteiger partial charge in [-0.25, -0.2) is 0 Å². The molecule has 2 aromatic carbocycles. The van der Waals surface area contributed by atoms with Crippen molar-refractivity contribution in [3.8, 4) is 5.75 Å². The summed E-state index contributed by atoms with van der Waals surface area (Å²) in [4.78, 5) is 12.1. The van der Waals surface area contributed by atoms with Gasteiger partial charge in [0.2, 0.25) is 0 Å². The van der Waals surface area contributed by atoms with Crippen molar-refractivity contribution < 1.29 is 27.4 Å². The Morgan fingerprint density at radius 2 is 1.75 bits per heavy atom. The number of amides is 1. The summed E-state index contributed by atoms with van der Waals surface area (Å²) in [5.74, 6) is -0.721. The van der Waals surface area contributed by atoms with Gasteiger partial charge in [0, 0.05) is 24.8 Å². The Balaban J connectivity index is 2.01. The van der Waals surface area contributed by atoms with E-state index in [0.717, 1.165) is 5.56 Å². The molecule has 0 saturated carbocycles. The number of carbonyl (C=O) groups is 1. The molecule has 0 bridgehead atoms. The highest BCUT2D eigenvalue weighted by Gasteiger charge is 2.31. The number of halogens is 3. The molecule has 2 rings (SSSR count). The lowest BCUT2D eigenvalue weighted by Gasteiger charge is -2.13. The first-order valence-electron chi connectivity index (χ1n) is 7.09. The van der Waals surface area contributed by atoms with E-state index in [4.69, 9.17) is 4.74 Å². The second-order valence-electron chi connectivity index (χ2n) is 4.97. The van der Waals surface area contributed by atoms with E-state index in [0.29, 0.717) is 12.2 Å². The summed E-state index contributed by atoms with van der Waals surface area (Å²) >= 11 is 0. The lowest BCUT2D eigenvalue weighted by molar-refractivity contribution is -0.274. The Hall–Kier alpha value is -2.54. The predicted octanol–water partition coefficient (Wildman–Crippen LogP) is 3.66. The second-order valence-corrected chi connectivity index (χ2v) is 4.97. The highest BCUT2D eigenvalue weighted by molar-refractivity contribution is 5.94. The first kappa shape index (κ1) is 17.8. The van der Waals surface area contributed by atoms with Crippen LogP contribution in [-0.4, -0.2) is 19.4 Å². The average Bonchev–Trinajstić information content (AvgIpc) is 2.53. The molecule has 24 heavy (non-hydrogen) atoms. The van der Waals surface area contributed by atoms with E-state index < -0.39 is 6.36 Å². The Kier molecular flexibility index (Phi) is 5.81. The molecule has 1 amide bonds. The highest BCUT2D eigenvalue weighted by atomic mass is 19.4. The number of ether oxygens (including phenoxy) is 2. The number of alkyl halides is 3. The van der Waals surface area contributed by atoms with E-state index >= 15 is 0 Å². The van der Waals surface area contributed by atoms with Crippen molar-refractivity contribution in [2.75, 3.05) is 7.11 Å². The van der Waals surface area contributed by atoms with Crippen molar-refractivity contribution in [2.24, 2.45) is 0 Å². The van der Waals surface area contributed by atoms with Gasteiger partial charge in [0.1, 0.15) is 5.75 Å². The smallest absolute Gasteiger partial charge is 0.405 e. The molecule has 2 aromatic rings. The molecule has 0 fully saturated rings. The van der Waals surface area contributed by atoms with E-state index in [2.05, 4.69) is 10.1 Å². The van der Waals surface area contributed by atoms with Gasteiger partial charge >= 0.3 is 6.36 Å². The molecule has 0 aliphatic carbocycles. The predicted molar refractivity (Wildman–Crippen MR) is 81.5 cm³/mol. The number of methoxy groups -OCH3 is 1. The number of hydrogen-bond donors (Lipinski definition) is 1. The first-order valence-corrected chi connectivity index (χ1v) is 7.09. The van der Waals surface area contributed by atoms with Crippen LogP contribution in [0.25, 0.3) is 0 Å². The fourth-order valence-corrected chi connectivity index (χ4v) is 2.07. The third-order valence-electron chi connectivity index (χ3n) is 3.16. The van der Waals surface area contributed by atoms with Crippen LogP contribution in [0.5, 0.6) is 5.75 Å². The van der Waals surface area contributed by atoms with Gasteiger partial charge in [-0.2, -0.15) is 0 Å². The zero-order valence-electron chi connectivity index (χ0n) is 12.9. The largest absolute Gasteiger partial charge is 0.573 e. The number of para-hydroxylation sites is 1. The van der Waals surface area contributed by atoms with E-state index in [1.165, 1.54) is 18.2 Å². The van der Waals surface area contributed by atoms with E-state index in [1.807, 2.05) is 0 Å². The molecule has 0 atom stereocenters. The summed E-state index contributed by atoms with van der Waals surface area (Å²) in [6, 6.07) is 12.4. The number of rotatable bonds is 6. The highest BCUT2D eigenvalue weighted by Crippen LogP contribution is 2.26. The number of benzene rings is 2. The molecule has 4 nitrogen and oxygen atoms in total. The maximum atomic E-state index is 12.4. The fourth-order valence-electron chi connectivity index (χ4n) is 2.07. The zero-order chi connectivity index (χ0) is 17.6. The van der Waals surface area contributed by atoms with Crippen molar-refractivity contribution in [1.82, 2.24) is 5.32 Å². The molecular weight excluding hydrogens is 323 g/mol. The van der Waals surface area contributed by atoms with Gasteiger partial charge < -0.3 is 14.8 Å². The summed E-state index contributed by atoms with van der Waals surface area (Å²) in [6.45, 7) is 0.356. The molecule has 0 spiro atoms. The van der Waals surface area contributed by atoms with E-state index in [1.54, 1.807) is 37.4 Å². The van der Waals surface area contributed by atoms with Crippen LogP contribution in [0.3, 0.4) is 0 Å². The van der Waals surface area contributed by atoms with Crippen LogP contribution in [0.2, 0.25) is 0 Å². The maximum absolute atomic E-state index is 12.4. The summed E-state index contributed by atoms with van der Waals surface area (Å²) in [6.07, 6.45) is -4.78. The lowest BCUT2D eigenvalue weighted by Crippen LogP contribution is -2.24. The fraction of sp³-hybridized carbons (Fsp3) is 0.235. The molecule has 0 saturated heterocycles. The van der Waals surface area contributed by atoms with Gasteiger partial charge in [-0.05, 0) is 23.8 Å². The number of nitrogens with one attached hydrogen (secondary N) is 1.